The average molecular weight is 267 g/mol. The summed E-state index contributed by atoms with van der Waals surface area (Å²) < 4.78 is 5.25. The molecule has 96 valence electrons. The number of methoxy groups -OCH3 is 1. The van der Waals surface area contributed by atoms with Crippen molar-refractivity contribution in [3.05, 3.63) is 22.7 Å². The lowest BCUT2D eigenvalue weighted by Crippen LogP contribution is -2.44. The molecule has 4 nitrogen and oxygen atoms in total. The SMILES string of the molecule is COc1cc2c(cc1Cl)NC(=O)C21CCNCC1. The minimum atomic E-state index is -0.404. The quantitative estimate of drug-likeness (QED) is 0.817. The first kappa shape index (κ1) is 11.8. The molecule has 0 aromatic heterocycles. The Morgan fingerprint density at radius 2 is 2.06 bits per heavy atom. The second kappa shape index (κ2) is 4.14. The average Bonchev–Trinajstić information content (AvgIpc) is 2.62. The van der Waals surface area contributed by atoms with Gasteiger partial charge >= 0.3 is 0 Å². The Labute approximate surface area is 111 Å². The Kier molecular flexibility index (Phi) is 2.72. The van der Waals surface area contributed by atoms with Gasteiger partial charge < -0.3 is 15.4 Å². The number of hydrogen-bond acceptors (Lipinski definition) is 3. The van der Waals surface area contributed by atoms with Gasteiger partial charge in [0.2, 0.25) is 5.91 Å². The number of carbonyl (C=O) groups excluding carboxylic acids is 1. The molecular formula is C13H15ClN2O2. The molecule has 0 unspecified atom stereocenters. The van der Waals surface area contributed by atoms with Crippen LogP contribution in [0.4, 0.5) is 5.69 Å². The molecule has 0 aliphatic carbocycles. The molecule has 0 radical (unpaired) electrons. The van der Waals surface area contributed by atoms with Crippen LogP contribution in [-0.4, -0.2) is 26.1 Å². The van der Waals surface area contributed by atoms with Crippen LogP contribution in [0.2, 0.25) is 5.02 Å². The summed E-state index contributed by atoms with van der Waals surface area (Å²) in [6.45, 7) is 1.72. The number of benzene rings is 1. The van der Waals surface area contributed by atoms with Crippen molar-refractivity contribution in [3.8, 4) is 5.75 Å². The molecule has 2 aliphatic heterocycles. The Hall–Kier alpha value is -1.26. The molecule has 0 bridgehead atoms. The fourth-order valence-corrected chi connectivity index (χ4v) is 3.16. The second-order valence-electron chi connectivity index (χ2n) is 4.82. The van der Waals surface area contributed by atoms with Gasteiger partial charge in [-0.05, 0) is 43.6 Å². The molecule has 2 N–H and O–H groups in total. The number of ether oxygens (including phenoxy) is 1. The molecule has 1 amide bonds. The summed E-state index contributed by atoms with van der Waals surface area (Å²) in [4.78, 5) is 12.3. The van der Waals surface area contributed by atoms with Crippen LogP contribution >= 0.6 is 11.6 Å². The number of carbonyl (C=O) groups is 1. The van der Waals surface area contributed by atoms with Crippen LogP contribution in [0, 0.1) is 0 Å². The van der Waals surface area contributed by atoms with Gasteiger partial charge in [-0.1, -0.05) is 11.6 Å². The predicted octanol–water partition coefficient (Wildman–Crippen LogP) is 1.92. The topological polar surface area (TPSA) is 50.4 Å². The van der Waals surface area contributed by atoms with Crippen LogP contribution in [-0.2, 0) is 10.2 Å². The fourth-order valence-electron chi connectivity index (χ4n) is 2.92. The van der Waals surface area contributed by atoms with E-state index in [0.717, 1.165) is 37.2 Å². The van der Waals surface area contributed by atoms with E-state index in [1.807, 2.05) is 6.07 Å². The first-order valence-electron chi connectivity index (χ1n) is 6.07. The number of halogens is 1. The summed E-state index contributed by atoms with van der Waals surface area (Å²) in [7, 11) is 1.59. The van der Waals surface area contributed by atoms with Crippen molar-refractivity contribution in [3.63, 3.8) is 0 Å². The van der Waals surface area contributed by atoms with Crippen LogP contribution in [0.3, 0.4) is 0 Å². The third-order valence-electron chi connectivity index (χ3n) is 3.95. The summed E-state index contributed by atoms with van der Waals surface area (Å²) >= 11 is 6.09. The molecule has 5 heteroatoms. The minimum absolute atomic E-state index is 0.0864. The number of fused-ring (bicyclic) bond motifs is 2. The highest BCUT2D eigenvalue weighted by atomic mass is 35.5. The van der Waals surface area contributed by atoms with E-state index in [1.165, 1.54) is 0 Å². The molecule has 1 fully saturated rings. The van der Waals surface area contributed by atoms with Crippen molar-refractivity contribution in [2.24, 2.45) is 0 Å². The highest BCUT2D eigenvalue weighted by Crippen LogP contribution is 2.47. The van der Waals surface area contributed by atoms with Crippen molar-refractivity contribution in [2.45, 2.75) is 18.3 Å². The first-order chi connectivity index (χ1) is 8.67. The van der Waals surface area contributed by atoms with Gasteiger partial charge in [-0.15, -0.1) is 0 Å². The van der Waals surface area contributed by atoms with Gasteiger partial charge in [-0.2, -0.15) is 0 Å². The molecule has 1 aromatic carbocycles. The van der Waals surface area contributed by atoms with Gasteiger partial charge in [0.15, 0.2) is 0 Å². The molecule has 0 atom stereocenters. The van der Waals surface area contributed by atoms with E-state index in [9.17, 15) is 4.79 Å². The van der Waals surface area contributed by atoms with Crippen molar-refractivity contribution >= 4 is 23.2 Å². The van der Waals surface area contributed by atoms with Crippen molar-refractivity contribution in [2.75, 3.05) is 25.5 Å². The lowest BCUT2D eigenvalue weighted by molar-refractivity contribution is -0.121. The lowest BCUT2D eigenvalue weighted by Gasteiger charge is -2.32. The van der Waals surface area contributed by atoms with E-state index in [-0.39, 0.29) is 5.91 Å². The minimum Gasteiger partial charge on any atom is -0.495 e. The second-order valence-corrected chi connectivity index (χ2v) is 5.23. The van der Waals surface area contributed by atoms with Crippen LogP contribution in [0.1, 0.15) is 18.4 Å². The molecule has 3 rings (SSSR count). The maximum atomic E-state index is 12.3. The van der Waals surface area contributed by atoms with Crippen LogP contribution in [0.15, 0.2) is 12.1 Å². The number of amides is 1. The Morgan fingerprint density at radius 3 is 2.72 bits per heavy atom. The van der Waals surface area contributed by atoms with Gasteiger partial charge in [0.05, 0.1) is 17.5 Å². The first-order valence-corrected chi connectivity index (χ1v) is 6.45. The highest BCUT2D eigenvalue weighted by Gasteiger charge is 2.47. The van der Waals surface area contributed by atoms with Gasteiger partial charge in [0, 0.05) is 5.69 Å². The van der Waals surface area contributed by atoms with Gasteiger partial charge in [0.25, 0.3) is 0 Å². The van der Waals surface area contributed by atoms with E-state index in [0.29, 0.717) is 10.8 Å². The van der Waals surface area contributed by atoms with E-state index < -0.39 is 5.41 Å². The summed E-state index contributed by atoms with van der Waals surface area (Å²) in [5.41, 5.74) is 1.45. The van der Waals surface area contributed by atoms with E-state index in [1.54, 1.807) is 13.2 Å². The summed E-state index contributed by atoms with van der Waals surface area (Å²) in [5.74, 6) is 0.716. The zero-order valence-corrected chi connectivity index (χ0v) is 10.9. The van der Waals surface area contributed by atoms with Crippen LogP contribution < -0.4 is 15.4 Å². The lowest BCUT2D eigenvalue weighted by atomic mass is 9.74. The van der Waals surface area contributed by atoms with Gasteiger partial charge in [0.1, 0.15) is 5.75 Å². The Bertz CT molecular complexity index is 510. The largest absolute Gasteiger partial charge is 0.495 e. The molecule has 2 heterocycles. The maximum Gasteiger partial charge on any atom is 0.235 e. The van der Waals surface area contributed by atoms with Gasteiger partial charge in [-0.25, -0.2) is 0 Å². The molecule has 2 aliphatic rings. The molecule has 1 spiro atoms. The number of nitrogens with one attached hydrogen (secondary N) is 2. The number of hydrogen-bond donors (Lipinski definition) is 2. The van der Waals surface area contributed by atoms with Crippen molar-refractivity contribution in [1.82, 2.24) is 5.32 Å². The molecule has 1 saturated heterocycles. The fraction of sp³-hybridized carbons (Fsp3) is 0.462. The number of anilines is 1. The smallest absolute Gasteiger partial charge is 0.235 e. The third-order valence-corrected chi connectivity index (χ3v) is 4.24. The molecular weight excluding hydrogens is 252 g/mol. The molecule has 0 saturated carbocycles. The van der Waals surface area contributed by atoms with E-state index >= 15 is 0 Å². The van der Waals surface area contributed by atoms with E-state index in [2.05, 4.69) is 10.6 Å². The molecule has 18 heavy (non-hydrogen) atoms. The zero-order chi connectivity index (χ0) is 12.8. The van der Waals surface area contributed by atoms with Crippen LogP contribution in [0.25, 0.3) is 0 Å². The van der Waals surface area contributed by atoms with Gasteiger partial charge in [-0.3, -0.25) is 4.79 Å². The Morgan fingerprint density at radius 1 is 1.33 bits per heavy atom. The van der Waals surface area contributed by atoms with E-state index in [4.69, 9.17) is 16.3 Å². The Balaban J connectivity index is 2.13. The summed E-state index contributed by atoms with van der Waals surface area (Å²) in [6, 6.07) is 3.69. The summed E-state index contributed by atoms with van der Waals surface area (Å²) in [5, 5.41) is 6.76. The third kappa shape index (κ3) is 1.52. The van der Waals surface area contributed by atoms with Crippen molar-refractivity contribution in [1.29, 1.82) is 0 Å². The predicted molar refractivity (Wildman–Crippen MR) is 70.4 cm³/mol. The maximum absolute atomic E-state index is 12.3. The van der Waals surface area contributed by atoms with Crippen LogP contribution in [0.5, 0.6) is 5.75 Å². The molecule has 1 aromatic rings. The number of rotatable bonds is 1. The standard InChI is InChI=1S/C13H15ClN2O2/c1-18-11-6-8-10(7-9(11)14)16-12(17)13(8)2-4-15-5-3-13/h6-7,15H,2-5H2,1H3,(H,16,17). The normalized spacial score (nSPS) is 20.7. The monoisotopic (exact) mass is 266 g/mol. The summed E-state index contributed by atoms with van der Waals surface area (Å²) in [6.07, 6.45) is 1.63. The zero-order valence-electron chi connectivity index (χ0n) is 10.2. The number of piperidine rings is 1. The van der Waals surface area contributed by atoms with Crippen molar-refractivity contribution < 1.29 is 9.53 Å². The highest BCUT2D eigenvalue weighted by molar-refractivity contribution is 6.32.